The Bertz CT molecular complexity index is 908. The highest BCUT2D eigenvalue weighted by Gasteiger charge is 2.14. The van der Waals surface area contributed by atoms with Crippen molar-refractivity contribution in [1.82, 2.24) is 4.98 Å². The van der Waals surface area contributed by atoms with E-state index in [4.69, 9.17) is 4.98 Å². The van der Waals surface area contributed by atoms with Crippen LogP contribution in [0.3, 0.4) is 0 Å². The van der Waals surface area contributed by atoms with Crippen LogP contribution in [-0.2, 0) is 0 Å². The largest absolute Gasteiger partial charge is 0.248 e. The zero-order chi connectivity index (χ0) is 17.9. The van der Waals surface area contributed by atoms with E-state index in [-0.39, 0.29) is 0 Å². The molecule has 1 aliphatic carbocycles. The van der Waals surface area contributed by atoms with Gasteiger partial charge in [-0.25, -0.2) is 4.98 Å². The highest BCUT2D eigenvalue weighted by atomic mass is 14.7. The smallest absolute Gasteiger partial charge is 0.0715 e. The minimum Gasteiger partial charge on any atom is -0.248 e. The summed E-state index contributed by atoms with van der Waals surface area (Å²) in [4.78, 5) is 5.01. The third-order valence-electron chi connectivity index (χ3n) is 4.81. The quantitative estimate of drug-likeness (QED) is 0.513. The normalized spacial score (nSPS) is 16.8. The molecule has 3 aromatic rings. The van der Waals surface area contributed by atoms with Crippen LogP contribution in [0.2, 0.25) is 0 Å². The molecule has 0 fully saturated rings. The van der Waals surface area contributed by atoms with Gasteiger partial charge in [0.25, 0.3) is 0 Å². The van der Waals surface area contributed by atoms with Crippen LogP contribution < -0.4 is 0 Å². The summed E-state index contributed by atoms with van der Waals surface area (Å²) in [5.41, 5.74) is 8.30. The predicted molar refractivity (Wildman–Crippen MR) is 111 cm³/mol. The molecule has 2 aromatic carbocycles. The van der Waals surface area contributed by atoms with Crippen LogP contribution in [0.15, 0.2) is 90.5 Å². The van der Waals surface area contributed by atoms with Gasteiger partial charge in [0.05, 0.1) is 11.4 Å². The highest BCUT2D eigenvalue weighted by Crippen LogP contribution is 2.32. The van der Waals surface area contributed by atoms with E-state index in [0.29, 0.717) is 5.92 Å². The number of hydrogen-bond donors (Lipinski definition) is 0. The first-order valence-electron chi connectivity index (χ1n) is 9.21. The van der Waals surface area contributed by atoms with Crippen molar-refractivity contribution < 1.29 is 0 Å². The molecule has 0 amide bonds. The summed E-state index contributed by atoms with van der Waals surface area (Å²) in [7, 11) is 0. The van der Waals surface area contributed by atoms with E-state index < -0.39 is 0 Å². The molecule has 1 atom stereocenters. The van der Waals surface area contributed by atoms with Gasteiger partial charge in [0.1, 0.15) is 0 Å². The summed E-state index contributed by atoms with van der Waals surface area (Å²) >= 11 is 0. The van der Waals surface area contributed by atoms with Crippen molar-refractivity contribution in [3.05, 3.63) is 96.2 Å². The summed E-state index contributed by atoms with van der Waals surface area (Å²) in [5, 5.41) is 0. The molecule has 26 heavy (non-hydrogen) atoms. The highest BCUT2D eigenvalue weighted by molar-refractivity contribution is 5.80. The van der Waals surface area contributed by atoms with Crippen molar-refractivity contribution in [2.45, 2.75) is 20.3 Å². The Hall–Kier alpha value is -2.93. The molecule has 0 spiro atoms. The molecule has 1 heteroatoms. The zero-order valence-electron chi connectivity index (χ0n) is 15.3. The Labute approximate surface area is 155 Å². The van der Waals surface area contributed by atoms with E-state index in [2.05, 4.69) is 92.7 Å². The van der Waals surface area contributed by atoms with E-state index in [1.165, 1.54) is 22.3 Å². The van der Waals surface area contributed by atoms with Gasteiger partial charge in [-0.1, -0.05) is 85.3 Å². The Morgan fingerprint density at radius 2 is 1.38 bits per heavy atom. The fraction of sp³-hybridized carbons (Fsp3) is 0.160. The van der Waals surface area contributed by atoms with E-state index in [9.17, 15) is 0 Å². The molecule has 128 valence electrons. The first-order valence-corrected chi connectivity index (χ1v) is 9.21. The van der Waals surface area contributed by atoms with E-state index in [0.717, 1.165) is 23.4 Å². The molecule has 0 aliphatic heterocycles. The predicted octanol–water partition coefficient (Wildman–Crippen LogP) is 6.79. The van der Waals surface area contributed by atoms with Gasteiger partial charge in [0, 0.05) is 5.56 Å². The van der Waals surface area contributed by atoms with Gasteiger partial charge < -0.3 is 0 Å². The van der Waals surface area contributed by atoms with E-state index in [1.54, 1.807) is 0 Å². The fourth-order valence-electron chi connectivity index (χ4n) is 3.64. The van der Waals surface area contributed by atoms with Gasteiger partial charge in [0.2, 0.25) is 0 Å². The molecule has 0 bridgehead atoms. The van der Waals surface area contributed by atoms with Crippen LogP contribution in [0.25, 0.3) is 28.0 Å². The lowest BCUT2D eigenvalue weighted by Crippen LogP contribution is -2.01. The van der Waals surface area contributed by atoms with Gasteiger partial charge in [0.15, 0.2) is 0 Å². The topological polar surface area (TPSA) is 12.9 Å². The van der Waals surface area contributed by atoms with E-state index >= 15 is 0 Å². The SMILES string of the molecule is CC1=CC(c2cc(-c3ccccc3)cc(-c3ccccc3)n2)=CC(C)C1. The Kier molecular flexibility index (Phi) is 4.53. The number of rotatable bonds is 3. The van der Waals surface area contributed by atoms with Crippen LogP contribution in [-0.4, -0.2) is 4.98 Å². The van der Waals surface area contributed by atoms with Crippen molar-refractivity contribution >= 4 is 5.57 Å². The first kappa shape index (κ1) is 16.5. The minimum atomic E-state index is 0.553. The fourth-order valence-corrected chi connectivity index (χ4v) is 3.64. The van der Waals surface area contributed by atoms with Gasteiger partial charge >= 0.3 is 0 Å². The molecule has 1 aliphatic rings. The second-order valence-electron chi connectivity index (χ2n) is 7.15. The van der Waals surface area contributed by atoms with Crippen molar-refractivity contribution in [3.8, 4) is 22.4 Å². The standard InChI is InChI=1S/C25H23N/c1-18-13-19(2)15-23(14-18)25-17-22(20-9-5-3-6-10-20)16-24(26-25)21-11-7-4-8-12-21/h3-12,14-18H,13H2,1-2H3. The number of allylic oxidation sites excluding steroid dienone is 4. The Balaban J connectivity index is 1.89. The van der Waals surface area contributed by atoms with Crippen LogP contribution in [0.5, 0.6) is 0 Å². The van der Waals surface area contributed by atoms with Gasteiger partial charge in [-0.2, -0.15) is 0 Å². The van der Waals surface area contributed by atoms with Crippen molar-refractivity contribution in [1.29, 1.82) is 0 Å². The lowest BCUT2D eigenvalue weighted by molar-refractivity contribution is 0.710. The van der Waals surface area contributed by atoms with Gasteiger partial charge in [-0.3, -0.25) is 0 Å². The lowest BCUT2D eigenvalue weighted by Gasteiger charge is -2.17. The van der Waals surface area contributed by atoms with Gasteiger partial charge in [-0.15, -0.1) is 0 Å². The molecule has 0 saturated heterocycles. The molecular formula is C25H23N. The number of benzene rings is 2. The third kappa shape index (κ3) is 3.52. The Morgan fingerprint density at radius 3 is 2.04 bits per heavy atom. The maximum atomic E-state index is 5.01. The molecule has 1 nitrogen and oxygen atoms in total. The summed E-state index contributed by atoms with van der Waals surface area (Å²) in [6.07, 6.45) is 5.76. The summed E-state index contributed by atoms with van der Waals surface area (Å²) < 4.78 is 0. The maximum Gasteiger partial charge on any atom is 0.0715 e. The zero-order valence-corrected chi connectivity index (χ0v) is 15.3. The van der Waals surface area contributed by atoms with E-state index in [1.807, 2.05) is 6.07 Å². The number of hydrogen-bond acceptors (Lipinski definition) is 1. The van der Waals surface area contributed by atoms with Crippen molar-refractivity contribution in [3.63, 3.8) is 0 Å². The summed E-state index contributed by atoms with van der Waals surface area (Å²) in [5.74, 6) is 0.553. The molecule has 0 N–H and O–H groups in total. The van der Waals surface area contributed by atoms with Crippen LogP contribution in [0.4, 0.5) is 0 Å². The van der Waals surface area contributed by atoms with Gasteiger partial charge in [-0.05, 0) is 48.1 Å². The second kappa shape index (κ2) is 7.13. The maximum absolute atomic E-state index is 5.01. The molecule has 0 radical (unpaired) electrons. The molecule has 1 unspecified atom stereocenters. The Morgan fingerprint density at radius 1 is 0.769 bits per heavy atom. The number of nitrogens with zero attached hydrogens (tertiary/aromatic N) is 1. The van der Waals surface area contributed by atoms with Crippen molar-refractivity contribution in [2.24, 2.45) is 5.92 Å². The summed E-state index contributed by atoms with van der Waals surface area (Å²) in [6, 6.07) is 25.4. The average molecular weight is 337 g/mol. The minimum absolute atomic E-state index is 0.553. The summed E-state index contributed by atoms with van der Waals surface area (Å²) in [6.45, 7) is 4.48. The second-order valence-corrected chi connectivity index (χ2v) is 7.15. The van der Waals surface area contributed by atoms with Crippen LogP contribution in [0, 0.1) is 5.92 Å². The first-order chi connectivity index (χ1) is 12.7. The molecule has 1 heterocycles. The molecule has 1 aromatic heterocycles. The third-order valence-corrected chi connectivity index (χ3v) is 4.81. The molecular weight excluding hydrogens is 314 g/mol. The van der Waals surface area contributed by atoms with Crippen LogP contribution >= 0.6 is 0 Å². The number of pyridine rings is 1. The van der Waals surface area contributed by atoms with Crippen molar-refractivity contribution in [2.75, 3.05) is 0 Å². The molecule has 4 rings (SSSR count). The average Bonchev–Trinajstić information content (AvgIpc) is 2.68. The molecule has 0 saturated carbocycles. The number of aromatic nitrogens is 1. The monoisotopic (exact) mass is 337 g/mol. The van der Waals surface area contributed by atoms with Crippen LogP contribution in [0.1, 0.15) is 26.0 Å². The lowest BCUT2D eigenvalue weighted by atomic mass is 9.90.